The van der Waals surface area contributed by atoms with E-state index in [1.54, 1.807) is 24.0 Å². The summed E-state index contributed by atoms with van der Waals surface area (Å²) in [7, 11) is 1.77. The van der Waals surface area contributed by atoms with Gasteiger partial charge in [0.05, 0.1) is 0 Å². The molecule has 1 saturated heterocycles. The SMILES string of the molecule is Cn1ccnc(N2CCC[C@@H](NCc3cccc4c3OC(C)(C)C4)C2)c1=O. The minimum absolute atomic E-state index is 0.0327. The van der Waals surface area contributed by atoms with E-state index in [1.165, 1.54) is 11.1 Å². The Morgan fingerprint density at radius 1 is 1.37 bits per heavy atom. The largest absolute Gasteiger partial charge is 0.487 e. The lowest BCUT2D eigenvalue weighted by Gasteiger charge is -2.33. The van der Waals surface area contributed by atoms with Crippen LogP contribution in [0.3, 0.4) is 0 Å². The summed E-state index contributed by atoms with van der Waals surface area (Å²) in [5.74, 6) is 1.60. The average Bonchev–Trinajstić information content (AvgIpc) is 2.97. The van der Waals surface area contributed by atoms with Crippen LogP contribution in [0.1, 0.15) is 37.8 Å². The molecule has 144 valence electrons. The van der Waals surface area contributed by atoms with Crippen molar-refractivity contribution in [3.63, 3.8) is 0 Å². The molecule has 2 aliphatic rings. The van der Waals surface area contributed by atoms with Crippen LogP contribution < -0.4 is 20.5 Å². The van der Waals surface area contributed by atoms with Gasteiger partial charge >= 0.3 is 0 Å². The number of benzene rings is 1. The number of piperidine rings is 1. The minimum Gasteiger partial charge on any atom is -0.487 e. The number of nitrogens with zero attached hydrogens (tertiary/aromatic N) is 3. The lowest BCUT2D eigenvalue weighted by molar-refractivity contribution is 0.137. The normalized spacial score (nSPS) is 21.0. The van der Waals surface area contributed by atoms with Gasteiger partial charge in [-0.25, -0.2) is 4.98 Å². The fourth-order valence-corrected chi connectivity index (χ4v) is 4.11. The molecule has 0 amide bonds. The number of fused-ring (bicyclic) bond motifs is 1. The standard InChI is InChI=1S/C21H28N4O2/c1-21(2)12-15-6-4-7-16(18(15)27-21)13-23-17-8-5-10-25(14-17)19-20(26)24(3)11-9-22-19/h4,6-7,9,11,17,23H,5,8,10,12-14H2,1-3H3/t17-/m1/s1. The zero-order valence-corrected chi connectivity index (χ0v) is 16.4. The Balaban J connectivity index is 1.44. The number of nitrogens with one attached hydrogen (secondary N) is 1. The minimum atomic E-state index is -0.126. The predicted molar refractivity (Wildman–Crippen MR) is 106 cm³/mol. The number of aromatic nitrogens is 2. The van der Waals surface area contributed by atoms with E-state index in [-0.39, 0.29) is 11.2 Å². The zero-order valence-electron chi connectivity index (χ0n) is 16.4. The summed E-state index contributed by atoms with van der Waals surface area (Å²) in [4.78, 5) is 18.8. The molecule has 1 N–H and O–H groups in total. The number of aryl methyl sites for hydroxylation is 1. The highest BCUT2D eigenvalue weighted by molar-refractivity contribution is 5.45. The molecule has 0 radical (unpaired) electrons. The molecule has 0 saturated carbocycles. The summed E-state index contributed by atoms with van der Waals surface area (Å²) < 4.78 is 7.77. The van der Waals surface area contributed by atoms with Gasteiger partial charge in [-0.15, -0.1) is 0 Å². The van der Waals surface area contributed by atoms with Crippen molar-refractivity contribution in [2.75, 3.05) is 18.0 Å². The third-order valence-corrected chi connectivity index (χ3v) is 5.47. The summed E-state index contributed by atoms with van der Waals surface area (Å²) >= 11 is 0. The molecule has 2 aromatic rings. The van der Waals surface area contributed by atoms with Gasteiger partial charge in [-0.2, -0.15) is 0 Å². The van der Waals surface area contributed by atoms with Gasteiger partial charge in [0, 0.05) is 57.1 Å². The molecular weight excluding hydrogens is 340 g/mol. The molecule has 6 nitrogen and oxygen atoms in total. The second-order valence-electron chi connectivity index (χ2n) is 8.28. The molecule has 1 atom stereocenters. The highest BCUT2D eigenvalue weighted by Crippen LogP contribution is 2.37. The van der Waals surface area contributed by atoms with E-state index in [9.17, 15) is 4.79 Å². The second kappa shape index (κ2) is 7.00. The summed E-state index contributed by atoms with van der Waals surface area (Å²) in [6.07, 6.45) is 6.50. The number of ether oxygens (including phenoxy) is 1. The van der Waals surface area contributed by atoms with Crippen LogP contribution in [-0.4, -0.2) is 34.3 Å². The summed E-state index contributed by atoms with van der Waals surface area (Å²) in [6, 6.07) is 6.75. The van der Waals surface area contributed by atoms with Crippen LogP contribution in [0.2, 0.25) is 0 Å². The van der Waals surface area contributed by atoms with Crippen LogP contribution in [0.4, 0.5) is 5.82 Å². The molecule has 4 rings (SSSR count). The molecule has 1 aromatic heterocycles. The fraction of sp³-hybridized carbons (Fsp3) is 0.524. The Hall–Kier alpha value is -2.34. The zero-order chi connectivity index (χ0) is 19.0. The van der Waals surface area contributed by atoms with Gasteiger partial charge in [0.15, 0.2) is 5.82 Å². The Labute approximate surface area is 160 Å². The maximum Gasteiger partial charge on any atom is 0.293 e. The van der Waals surface area contributed by atoms with Crippen molar-refractivity contribution in [1.82, 2.24) is 14.9 Å². The maximum atomic E-state index is 12.4. The second-order valence-corrected chi connectivity index (χ2v) is 8.28. The Kier molecular flexibility index (Phi) is 4.68. The van der Waals surface area contributed by atoms with E-state index in [0.29, 0.717) is 11.9 Å². The number of para-hydroxylation sites is 1. The van der Waals surface area contributed by atoms with E-state index in [2.05, 4.69) is 47.2 Å². The molecule has 27 heavy (non-hydrogen) atoms. The topological polar surface area (TPSA) is 59.4 Å². The van der Waals surface area contributed by atoms with E-state index in [1.807, 2.05) is 0 Å². The van der Waals surface area contributed by atoms with Gasteiger partial charge in [0.1, 0.15) is 11.4 Å². The first-order valence-electron chi connectivity index (χ1n) is 9.73. The highest BCUT2D eigenvalue weighted by Gasteiger charge is 2.31. The smallest absolute Gasteiger partial charge is 0.293 e. The van der Waals surface area contributed by atoms with Crippen molar-refractivity contribution < 1.29 is 4.74 Å². The van der Waals surface area contributed by atoms with Crippen LogP contribution in [0.5, 0.6) is 5.75 Å². The van der Waals surface area contributed by atoms with Gasteiger partial charge in [-0.3, -0.25) is 4.79 Å². The van der Waals surface area contributed by atoms with Gasteiger partial charge in [-0.1, -0.05) is 18.2 Å². The first-order chi connectivity index (χ1) is 12.9. The van der Waals surface area contributed by atoms with Crippen LogP contribution in [-0.2, 0) is 20.0 Å². The van der Waals surface area contributed by atoms with E-state index in [4.69, 9.17) is 4.74 Å². The number of hydrogen-bond acceptors (Lipinski definition) is 5. The molecule has 0 bridgehead atoms. The van der Waals surface area contributed by atoms with Crippen molar-refractivity contribution >= 4 is 5.82 Å². The van der Waals surface area contributed by atoms with Crippen molar-refractivity contribution in [2.45, 2.75) is 51.3 Å². The number of rotatable bonds is 4. The van der Waals surface area contributed by atoms with E-state index in [0.717, 1.165) is 44.6 Å². The fourth-order valence-electron chi connectivity index (χ4n) is 4.11. The summed E-state index contributed by atoms with van der Waals surface area (Å²) in [6.45, 7) is 6.72. The molecule has 0 unspecified atom stereocenters. The molecule has 1 fully saturated rings. The molecule has 0 aliphatic carbocycles. The van der Waals surface area contributed by atoms with Crippen LogP contribution >= 0.6 is 0 Å². The Morgan fingerprint density at radius 3 is 3.07 bits per heavy atom. The average molecular weight is 368 g/mol. The van der Waals surface area contributed by atoms with Crippen LogP contribution in [0.15, 0.2) is 35.4 Å². The van der Waals surface area contributed by atoms with Crippen molar-refractivity contribution in [1.29, 1.82) is 0 Å². The van der Waals surface area contributed by atoms with Crippen molar-refractivity contribution in [2.24, 2.45) is 7.05 Å². The molecule has 2 aliphatic heterocycles. The molecular formula is C21H28N4O2. The first kappa shape index (κ1) is 18.0. The third kappa shape index (κ3) is 3.72. The maximum absolute atomic E-state index is 12.4. The lowest BCUT2D eigenvalue weighted by atomic mass is 10.00. The molecule has 1 aromatic carbocycles. The summed E-state index contributed by atoms with van der Waals surface area (Å²) in [5.41, 5.74) is 2.35. The van der Waals surface area contributed by atoms with Gasteiger partial charge in [0.2, 0.25) is 0 Å². The lowest BCUT2D eigenvalue weighted by Crippen LogP contribution is -2.47. The van der Waals surface area contributed by atoms with Crippen molar-refractivity contribution in [3.05, 3.63) is 52.1 Å². The molecule has 6 heteroatoms. The Morgan fingerprint density at radius 2 is 2.22 bits per heavy atom. The van der Waals surface area contributed by atoms with Gasteiger partial charge in [-0.05, 0) is 32.3 Å². The summed E-state index contributed by atoms with van der Waals surface area (Å²) in [5, 5.41) is 3.67. The predicted octanol–water partition coefficient (Wildman–Crippen LogP) is 2.25. The van der Waals surface area contributed by atoms with Crippen LogP contribution in [0.25, 0.3) is 0 Å². The monoisotopic (exact) mass is 368 g/mol. The van der Waals surface area contributed by atoms with E-state index < -0.39 is 0 Å². The first-order valence-corrected chi connectivity index (χ1v) is 9.73. The van der Waals surface area contributed by atoms with Crippen LogP contribution in [0, 0.1) is 0 Å². The van der Waals surface area contributed by atoms with Crippen molar-refractivity contribution in [3.8, 4) is 5.75 Å². The van der Waals surface area contributed by atoms with Gasteiger partial charge < -0.3 is 19.5 Å². The molecule has 0 spiro atoms. The van der Waals surface area contributed by atoms with E-state index >= 15 is 0 Å². The number of anilines is 1. The van der Waals surface area contributed by atoms with Gasteiger partial charge in [0.25, 0.3) is 5.56 Å². The highest BCUT2D eigenvalue weighted by atomic mass is 16.5. The third-order valence-electron chi connectivity index (χ3n) is 5.47. The number of hydrogen-bond donors (Lipinski definition) is 1. The Bertz CT molecular complexity index is 890. The quantitative estimate of drug-likeness (QED) is 0.897. The molecule has 3 heterocycles.